The molecule has 1 heterocycles. The number of hydrogen-bond acceptors (Lipinski definition) is 2. The largest absolute Gasteiger partial charge is 1.00 e. The van der Waals surface area contributed by atoms with E-state index in [0.29, 0.717) is 19.3 Å². The minimum atomic E-state index is -0.379. The van der Waals surface area contributed by atoms with Gasteiger partial charge in [0.15, 0.2) is 18.9 Å². The van der Waals surface area contributed by atoms with Gasteiger partial charge < -0.3 is 21.9 Å². The Hall–Kier alpha value is -1.82. The Balaban J connectivity index is 0.00000533. The van der Waals surface area contributed by atoms with Crippen molar-refractivity contribution in [2.45, 2.75) is 109 Å². The van der Waals surface area contributed by atoms with Crippen LogP contribution in [0.1, 0.15) is 90.4 Å². The molecule has 0 amide bonds. The number of halogens is 3. The molecule has 3 atom stereocenters. The van der Waals surface area contributed by atoms with Crippen LogP contribution >= 0.6 is 0 Å². The summed E-state index contributed by atoms with van der Waals surface area (Å²) in [6, 6.07) is 10.4. The van der Waals surface area contributed by atoms with Gasteiger partial charge in [-0.15, -0.1) is 0 Å². The summed E-state index contributed by atoms with van der Waals surface area (Å²) < 4.78 is 43.1. The quantitative estimate of drug-likeness (QED) is 0.165. The summed E-state index contributed by atoms with van der Waals surface area (Å²) in [5, 5.41) is 2.36. The standard InChI is InChI=1S/C33H48F2NO2.ClH/c1-4-5-6-7-8-9-19-32(37-2)33(38-3)20-12-14-26(23-29-30(34)17-13-18-31(29)35)24-36-22-21-27-15-10-11-16-28(27)25-36;/h10-11,15-17,21-22,25-26,32-33H,4-9,12-14,18-20,23-24H2,1-3H3;1H/q+1;/p-1. The lowest BCUT2D eigenvalue weighted by molar-refractivity contribution is -0.702. The number of unbranched alkanes of at least 4 members (excludes halogenated alkanes) is 5. The molecule has 1 aliphatic carbocycles. The van der Waals surface area contributed by atoms with Crippen molar-refractivity contribution in [2.75, 3.05) is 14.2 Å². The van der Waals surface area contributed by atoms with E-state index >= 15 is 0 Å². The van der Waals surface area contributed by atoms with Gasteiger partial charge in [0.25, 0.3) is 0 Å². The molecule has 0 N–H and O–H groups in total. The number of pyridine rings is 1. The average molecular weight is 564 g/mol. The minimum Gasteiger partial charge on any atom is -1.00 e. The number of rotatable bonds is 18. The molecule has 3 nitrogen and oxygen atoms in total. The zero-order valence-corrected chi connectivity index (χ0v) is 24.9. The van der Waals surface area contributed by atoms with Crippen LogP contribution in [0.4, 0.5) is 8.78 Å². The lowest BCUT2D eigenvalue weighted by atomic mass is 9.89. The summed E-state index contributed by atoms with van der Waals surface area (Å²) in [6.45, 7) is 2.96. The number of nitrogens with zero attached hydrogens (tertiary/aromatic N) is 1. The van der Waals surface area contributed by atoms with Gasteiger partial charge in [0.2, 0.25) is 0 Å². The number of benzene rings is 1. The average Bonchev–Trinajstić information content (AvgIpc) is 2.93. The number of aromatic nitrogens is 1. The fourth-order valence-electron chi connectivity index (χ4n) is 5.72. The number of methoxy groups -OCH3 is 2. The second kappa shape index (κ2) is 18.5. The van der Waals surface area contributed by atoms with Gasteiger partial charge in [0.05, 0.1) is 12.2 Å². The first-order chi connectivity index (χ1) is 18.5. The Morgan fingerprint density at radius 2 is 1.51 bits per heavy atom. The molecule has 3 rings (SSSR count). The second-order valence-electron chi connectivity index (χ2n) is 10.9. The first-order valence-electron chi connectivity index (χ1n) is 14.7. The molecule has 0 saturated heterocycles. The highest BCUT2D eigenvalue weighted by molar-refractivity contribution is 5.80. The van der Waals surface area contributed by atoms with E-state index in [1.807, 2.05) is 12.1 Å². The van der Waals surface area contributed by atoms with E-state index in [1.54, 1.807) is 14.2 Å². The highest BCUT2D eigenvalue weighted by Gasteiger charge is 2.25. The molecule has 2 aromatic rings. The molecule has 0 radical (unpaired) electrons. The van der Waals surface area contributed by atoms with Crippen molar-refractivity contribution in [1.82, 2.24) is 0 Å². The lowest BCUT2D eigenvalue weighted by Gasteiger charge is -2.26. The predicted octanol–water partition coefficient (Wildman–Crippen LogP) is 5.96. The number of fused-ring (bicyclic) bond motifs is 1. The Bertz CT molecular complexity index is 1040. The van der Waals surface area contributed by atoms with Gasteiger partial charge >= 0.3 is 0 Å². The van der Waals surface area contributed by atoms with Crippen molar-refractivity contribution >= 4 is 10.8 Å². The fourth-order valence-corrected chi connectivity index (χ4v) is 5.72. The van der Waals surface area contributed by atoms with Crippen molar-refractivity contribution < 1.29 is 35.2 Å². The van der Waals surface area contributed by atoms with Crippen LogP contribution in [0, 0.1) is 5.92 Å². The van der Waals surface area contributed by atoms with Crippen LogP contribution in [0.25, 0.3) is 10.8 Å². The third-order valence-electron chi connectivity index (χ3n) is 7.97. The molecule has 0 bridgehead atoms. The summed E-state index contributed by atoms with van der Waals surface area (Å²) in [4.78, 5) is 0. The maximum absolute atomic E-state index is 14.6. The molecule has 3 unspecified atom stereocenters. The van der Waals surface area contributed by atoms with Gasteiger partial charge in [-0.3, -0.25) is 0 Å². The van der Waals surface area contributed by atoms with E-state index in [9.17, 15) is 8.78 Å². The van der Waals surface area contributed by atoms with Gasteiger partial charge in [-0.05, 0) is 49.6 Å². The summed E-state index contributed by atoms with van der Waals surface area (Å²) in [6.07, 6.45) is 18.3. The molecular weight excluding hydrogens is 516 g/mol. The van der Waals surface area contributed by atoms with Crippen molar-refractivity contribution in [2.24, 2.45) is 5.92 Å². The molecule has 6 heteroatoms. The predicted molar refractivity (Wildman–Crippen MR) is 152 cm³/mol. The summed E-state index contributed by atoms with van der Waals surface area (Å²) in [7, 11) is 3.54. The van der Waals surface area contributed by atoms with Crippen LogP contribution in [-0.2, 0) is 16.0 Å². The molecular formula is C33H48ClF2NO2. The summed E-state index contributed by atoms with van der Waals surface area (Å²) >= 11 is 0. The van der Waals surface area contributed by atoms with E-state index in [2.05, 4.69) is 42.1 Å². The van der Waals surface area contributed by atoms with Gasteiger partial charge in [-0.2, -0.15) is 0 Å². The van der Waals surface area contributed by atoms with E-state index in [0.717, 1.165) is 38.6 Å². The van der Waals surface area contributed by atoms with Crippen LogP contribution in [0.5, 0.6) is 0 Å². The molecule has 0 fully saturated rings. The molecule has 1 aliphatic rings. The number of ether oxygens (including phenoxy) is 2. The highest BCUT2D eigenvalue weighted by Crippen LogP contribution is 2.33. The molecule has 0 spiro atoms. The molecule has 0 aliphatic heterocycles. The van der Waals surface area contributed by atoms with Crippen molar-refractivity contribution in [3.63, 3.8) is 0 Å². The third-order valence-corrected chi connectivity index (χ3v) is 7.97. The van der Waals surface area contributed by atoms with Crippen LogP contribution < -0.4 is 17.0 Å². The first-order valence-corrected chi connectivity index (χ1v) is 14.7. The van der Waals surface area contributed by atoms with E-state index < -0.39 is 0 Å². The first kappa shape index (κ1) is 33.4. The normalized spacial score (nSPS) is 16.1. The highest BCUT2D eigenvalue weighted by atomic mass is 35.5. The zero-order valence-electron chi connectivity index (χ0n) is 24.1. The molecule has 1 aromatic carbocycles. The van der Waals surface area contributed by atoms with Crippen LogP contribution in [-0.4, -0.2) is 26.4 Å². The van der Waals surface area contributed by atoms with Crippen LogP contribution in [0.3, 0.4) is 0 Å². The molecule has 218 valence electrons. The Labute approximate surface area is 241 Å². The Morgan fingerprint density at radius 1 is 0.846 bits per heavy atom. The maximum atomic E-state index is 14.6. The number of hydrogen-bond donors (Lipinski definition) is 0. The minimum absolute atomic E-state index is 0. The SMILES string of the molecule is CCCCCCCCC(OC)C(CCCC(CC1=C(F)CCC=C1F)C[n+]1ccc2ccccc2c1)OC.[Cl-]. The van der Waals surface area contributed by atoms with Gasteiger partial charge in [0, 0.05) is 43.6 Å². The second-order valence-corrected chi connectivity index (χ2v) is 10.9. The molecule has 39 heavy (non-hydrogen) atoms. The third kappa shape index (κ3) is 10.9. The van der Waals surface area contributed by atoms with E-state index in [-0.39, 0.29) is 47.8 Å². The smallest absolute Gasteiger partial charge is 0.176 e. The van der Waals surface area contributed by atoms with Crippen LogP contribution in [0.2, 0.25) is 0 Å². The van der Waals surface area contributed by atoms with E-state index in [1.165, 1.54) is 49.0 Å². The number of allylic oxidation sites excluding steroid dienone is 4. The topological polar surface area (TPSA) is 22.3 Å². The fraction of sp³-hybridized carbons (Fsp3) is 0.606. The van der Waals surface area contributed by atoms with Gasteiger partial charge in [0.1, 0.15) is 11.7 Å². The summed E-state index contributed by atoms with van der Waals surface area (Å²) in [5.41, 5.74) is 0.267. The van der Waals surface area contributed by atoms with E-state index in [4.69, 9.17) is 9.47 Å². The van der Waals surface area contributed by atoms with Crippen molar-refractivity contribution in [3.8, 4) is 0 Å². The van der Waals surface area contributed by atoms with Gasteiger partial charge in [-0.1, -0.05) is 70.1 Å². The van der Waals surface area contributed by atoms with Crippen molar-refractivity contribution in [3.05, 3.63) is 66.0 Å². The summed E-state index contributed by atoms with van der Waals surface area (Å²) in [5.74, 6) is -0.543. The maximum Gasteiger partial charge on any atom is 0.176 e. The van der Waals surface area contributed by atoms with Crippen LogP contribution in [0.15, 0.2) is 66.0 Å². The monoisotopic (exact) mass is 563 g/mol. The Morgan fingerprint density at radius 3 is 2.21 bits per heavy atom. The molecule has 0 saturated carbocycles. The Kier molecular flexibility index (Phi) is 15.8. The molecule has 1 aromatic heterocycles. The lowest BCUT2D eigenvalue weighted by Crippen LogP contribution is -3.00. The van der Waals surface area contributed by atoms with Crippen molar-refractivity contribution in [1.29, 1.82) is 0 Å². The van der Waals surface area contributed by atoms with Gasteiger partial charge in [-0.25, -0.2) is 13.3 Å². The zero-order chi connectivity index (χ0) is 27.2.